The number of hydrogen-bond acceptors (Lipinski definition) is 22. The fourth-order valence-electron chi connectivity index (χ4n) is 13.1. The van der Waals surface area contributed by atoms with Crippen LogP contribution in [0.4, 0.5) is 0 Å². The van der Waals surface area contributed by atoms with Crippen LogP contribution in [0.2, 0.25) is 0 Å². The molecule has 104 heavy (non-hydrogen) atoms. The predicted octanol–water partition coefficient (Wildman–Crippen LogP) is 11.9. The Morgan fingerprint density at radius 2 is 0.760 bits per heavy atom. The van der Waals surface area contributed by atoms with Crippen LogP contribution in [-0.2, 0) is 118 Å². The van der Waals surface area contributed by atoms with Crippen molar-refractivity contribution in [3.63, 3.8) is 0 Å². The largest absolute Gasteiger partial charge is 0.467 e. The quantitative estimate of drug-likeness (QED) is 0.0128. The third kappa shape index (κ3) is 19.3. The van der Waals surface area contributed by atoms with Gasteiger partial charge in [-0.05, 0) is 82.4 Å². The highest BCUT2D eigenvalue weighted by Gasteiger charge is 2.59. The Kier molecular flexibility index (Phi) is 27.5. The molecule has 0 aliphatic carbocycles. The van der Waals surface area contributed by atoms with Gasteiger partial charge in [0.2, 0.25) is 0 Å². The van der Waals surface area contributed by atoms with Crippen LogP contribution in [-0.4, -0.2) is 161 Å². The first-order valence-corrected chi connectivity index (χ1v) is 34.4. The Morgan fingerprint density at radius 3 is 1.20 bits per heavy atom. The van der Waals surface area contributed by atoms with Crippen molar-refractivity contribution in [2.45, 2.75) is 177 Å². The zero-order valence-corrected chi connectivity index (χ0v) is 58.1. The van der Waals surface area contributed by atoms with Gasteiger partial charge in [0.25, 0.3) is 0 Å². The van der Waals surface area contributed by atoms with Crippen molar-refractivity contribution in [3.05, 3.63) is 272 Å². The highest BCUT2D eigenvalue weighted by atomic mass is 16.8. The summed E-state index contributed by atoms with van der Waals surface area (Å²) in [6, 6.07) is 60.3. The van der Waals surface area contributed by atoms with Crippen LogP contribution < -0.4 is 0 Å². The predicted molar refractivity (Wildman–Crippen MR) is 372 cm³/mol. The Balaban J connectivity index is 0.960. The SMILES string of the molecule is CCC1O[C@@H](O[C@H]2C(C(=O)OC)O[C@H](C)C(OC(=O)c3ccccc3)[C@@H]2OCc2ccccc2)[C@@H](N=[N+]=[N-])C(C)[C@@H]1O[C@@H]1OC(C(=O)OC)[C@@H](O[C@H]2OC(COC(=O)c3ccccc3)[C@H](OCc3ccccc3)[C@@H](OCc3ccccc3)C2N=[N+]=[N-])[C@@H](OCc2ccccc2)C1OCc1ccccc1. The van der Waals surface area contributed by atoms with Crippen molar-refractivity contribution in [1.82, 2.24) is 0 Å². The van der Waals surface area contributed by atoms with Crippen LogP contribution in [0.25, 0.3) is 20.9 Å². The number of carbonyl (C=O) groups excluding carboxylic acids is 4. The first-order chi connectivity index (χ1) is 50.9. The smallest absolute Gasteiger partial charge is 0.338 e. The summed E-state index contributed by atoms with van der Waals surface area (Å²) in [5, 5.41) is 8.59. The summed E-state index contributed by atoms with van der Waals surface area (Å²) in [6.45, 7) is 4.53. The first kappa shape index (κ1) is 75.7. The fraction of sp³-hybridized carbons (Fsp3) is 0.410. The highest BCUT2D eigenvalue weighted by molar-refractivity contribution is 5.90. The lowest BCUT2D eigenvalue weighted by Crippen LogP contribution is -2.67. The molecule has 0 saturated carbocycles. The molecule has 20 atom stereocenters. The normalized spacial score (nSPS) is 28.8. The van der Waals surface area contributed by atoms with Gasteiger partial charge in [0.15, 0.2) is 37.2 Å². The van der Waals surface area contributed by atoms with E-state index in [-0.39, 0.29) is 50.6 Å². The van der Waals surface area contributed by atoms with Crippen molar-refractivity contribution in [3.8, 4) is 0 Å². The second kappa shape index (κ2) is 37.8. The molecule has 7 aromatic rings. The maximum atomic E-state index is 14.9. The average molecular weight is 1430 g/mol. The zero-order chi connectivity index (χ0) is 72.7. The molecule has 546 valence electrons. The summed E-state index contributed by atoms with van der Waals surface area (Å²) in [7, 11) is 2.36. The Bertz CT molecular complexity index is 3930. The lowest BCUT2D eigenvalue weighted by molar-refractivity contribution is -0.372. The van der Waals surface area contributed by atoms with Crippen molar-refractivity contribution in [2.24, 2.45) is 16.1 Å². The van der Waals surface area contributed by atoms with Crippen LogP contribution in [0.5, 0.6) is 0 Å². The van der Waals surface area contributed by atoms with E-state index in [2.05, 4.69) is 20.1 Å². The van der Waals surface area contributed by atoms with E-state index in [4.69, 9.17) is 75.8 Å². The highest BCUT2D eigenvalue weighted by Crippen LogP contribution is 2.42. The summed E-state index contributed by atoms with van der Waals surface area (Å²) in [6.07, 6.45) is -22.8. The Labute approximate surface area is 602 Å². The minimum absolute atomic E-state index is 0.0144. The minimum Gasteiger partial charge on any atom is -0.467 e. The molecule has 4 aliphatic rings. The van der Waals surface area contributed by atoms with Crippen molar-refractivity contribution in [1.29, 1.82) is 0 Å². The van der Waals surface area contributed by atoms with E-state index >= 15 is 0 Å². The maximum absolute atomic E-state index is 14.9. The summed E-state index contributed by atoms with van der Waals surface area (Å²) >= 11 is 0. The average Bonchev–Trinajstić information content (AvgIpc) is 0.765. The van der Waals surface area contributed by atoms with Gasteiger partial charge in [-0.1, -0.05) is 212 Å². The van der Waals surface area contributed by atoms with Crippen LogP contribution in [0, 0.1) is 5.92 Å². The number of azide groups is 2. The fourth-order valence-corrected chi connectivity index (χ4v) is 13.1. The molecule has 11 rings (SSSR count). The van der Waals surface area contributed by atoms with E-state index in [1.54, 1.807) is 74.5 Å². The molecular formula is C78H84N6O20. The van der Waals surface area contributed by atoms with E-state index in [0.29, 0.717) is 11.1 Å². The number of carbonyl (C=O) groups is 4. The number of nitrogens with zero attached hydrogens (tertiary/aromatic N) is 6. The molecule has 0 bridgehead atoms. The van der Waals surface area contributed by atoms with Crippen molar-refractivity contribution >= 4 is 23.9 Å². The number of benzene rings is 7. The lowest BCUT2D eigenvalue weighted by atomic mass is 9.87. The molecular weight excluding hydrogens is 1340 g/mol. The van der Waals surface area contributed by atoms with Gasteiger partial charge < -0.3 is 75.8 Å². The van der Waals surface area contributed by atoms with E-state index in [0.717, 1.165) is 16.7 Å². The Hall–Kier alpha value is -9.44. The van der Waals surface area contributed by atoms with E-state index in [9.17, 15) is 30.2 Å². The van der Waals surface area contributed by atoms with Gasteiger partial charge in [-0.25, -0.2) is 19.2 Å². The van der Waals surface area contributed by atoms with Gasteiger partial charge in [0, 0.05) is 9.82 Å². The molecule has 4 heterocycles. The topological polar surface area (TPSA) is 313 Å². The van der Waals surface area contributed by atoms with Gasteiger partial charge in [-0.2, -0.15) is 0 Å². The number of hydrogen-bond donors (Lipinski definition) is 0. The molecule has 4 saturated heterocycles. The van der Waals surface area contributed by atoms with Gasteiger partial charge in [0.1, 0.15) is 61.5 Å². The first-order valence-electron chi connectivity index (χ1n) is 34.4. The van der Waals surface area contributed by atoms with Gasteiger partial charge in [0.05, 0.1) is 82.7 Å². The molecule has 26 nitrogen and oxygen atoms in total. The van der Waals surface area contributed by atoms with Crippen LogP contribution in [0.1, 0.15) is 75.7 Å². The van der Waals surface area contributed by atoms with Crippen LogP contribution >= 0.6 is 0 Å². The van der Waals surface area contributed by atoms with E-state index < -0.39 is 153 Å². The number of ether oxygens (including phenoxy) is 16. The van der Waals surface area contributed by atoms with Gasteiger partial charge >= 0.3 is 23.9 Å². The maximum Gasteiger partial charge on any atom is 0.338 e. The second-order valence-corrected chi connectivity index (χ2v) is 25.3. The summed E-state index contributed by atoms with van der Waals surface area (Å²) in [4.78, 5) is 63.4. The number of rotatable bonds is 31. The molecule has 0 amide bonds. The second-order valence-electron chi connectivity index (χ2n) is 25.3. The molecule has 0 aromatic heterocycles. The van der Waals surface area contributed by atoms with Crippen LogP contribution in [0.15, 0.2) is 223 Å². The standard InChI is InChI=1S/C78H84N6O20/c1-6-57-61(48(2)59(81-83-79)76(98-57)102-67-65(93-44-52-32-18-9-19-33-52)62(49(3)97-69(67)74(87)89-4)100-73(86)56-40-26-13-27-41-56)101-78-71(95-46-54-36-22-11-23-37-54)66(94-45-53-34-20-10-21-35-53)68(70(104-78)75(88)90-5)103-77-60(82-84-80)64(92-43-51-30-16-8-17-31-51)63(91-42-50-28-14-7-15-29-50)58(99-77)47-96-72(85)55-38-24-12-25-39-55/h7-41,48-49,57-71,76-78H,6,42-47H2,1-5H3/t48?,49-,57?,58?,59+,60?,61+,62?,63+,64+,65+,66-,67-,68+,69?,70?,71?,76+,77-,78-/m1/s1. The number of methoxy groups -OCH3 is 2. The third-order valence-corrected chi connectivity index (χ3v) is 18.5. The van der Waals surface area contributed by atoms with Crippen LogP contribution in [0.3, 0.4) is 0 Å². The molecule has 0 spiro atoms. The number of esters is 4. The van der Waals surface area contributed by atoms with Crippen molar-refractivity contribution in [2.75, 3.05) is 20.8 Å². The monoisotopic (exact) mass is 1420 g/mol. The lowest BCUT2D eigenvalue weighted by Gasteiger charge is -2.51. The molecule has 0 radical (unpaired) electrons. The third-order valence-electron chi connectivity index (χ3n) is 18.5. The van der Waals surface area contributed by atoms with Crippen molar-refractivity contribution < 1.29 is 95.0 Å². The summed E-state index contributed by atoms with van der Waals surface area (Å²) in [5.41, 5.74) is 25.3. The summed E-state index contributed by atoms with van der Waals surface area (Å²) < 4.78 is 106. The minimum atomic E-state index is -1.78. The molecule has 7 aromatic carbocycles. The van der Waals surface area contributed by atoms with Gasteiger partial charge in [-0.15, -0.1) is 0 Å². The summed E-state index contributed by atoms with van der Waals surface area (Å²) in [5.74, 6) is -4.07. The molecule has 8 unspecified atom stereocenters. The van der Waals surface area contributed by atoms with Gasteiger partial charge in [-0.3, -0.25) is 0 Å². The zero-order valence-electron chi connectivity index (χ0n) is 58.1. The molecule has 4 fully saturated rings. The molecule has 0 N–H and O–H groups in total. The van der Waals surface area contributed by atoms with E-state index in [1.165, 1.54) is 14.2 Å². The molecule has 26 heteroatoms. The molecule has 4 aliphatic heterocycles. The van der Waals surface area contributed by atoms with E-state index in [1.807, 2.05) is 159 Å². The Morgan fingerprint density at radius 1 is 0.394 bits per heavy atom.